The molecule has 2 atom stereocenters. The molecule has 2 rings (SSSR count). The lowest BCUT2D eigenvalue weighted by molar-refractivity contribution is -0.123. The molecule has 0 aliphatic rings. The smallest absolute Gasteiger partial charge is 0.251 e. The molecule has 0 fully saturated rings. The highest BCUT2D eigenvalue weighted by molar-refractivity contribution is 5.97. The number of hydrogen-bond acceptors (Lipinski definition) is 2. The Morgan fingerprint density at radius 3 is 2.25 bits per heavy atom. The van der Waals surface area contributed by atoms with Gasteiger partial charge in [0.25, 0.3) is 5.91 Å². The van der Waals surface area contributed by atoms with Crippen LogP contribution in [0.25, 0.3) is 0 Å². The molecule has 126 valence electrons. The quantitative estimate of drug-likeness (QED) is 0.884. The molecule has 24 heavy (non-hydrogen) atoms. The van der Waals surface area contributed by atoms with E-state index in [4.69, 9.17) is 0 Å². The number of rotatable bonds is 5. The minimum Gasteiger partial charge on any atom is -0.348 e. The molecule has 2 aromatic rings. The zero-order valence-electron chi connectivity index (χ0n) is 13.3. The van der Waals surface area contributed by atoms with Gasteiger partial charge in [-0.1, -0.05) is 24.3 Å². The molecule has 0 aliphatic carbocycles. The highest BCUT2D eigenvalue weighted by Gasteiger charge is 2.20. The summed E-state index contributed by atoms with van der Waals surface area (Å²) in [5.74, 6) is -2.25. The normalized spacial score (nSPS) is 13.0. The van der Waals surface area contributed by atoms with Gasteiger partial charge in [-0.05, 0) is 32.0 Å². The van der Waals surface area contributed by atoms with Crippen LogP contribution in [-0.4, -0.2) is 17.9 Å². The summed E-state index contributed by atoms with van der Waals surface area (Å²) in [7, 11) is 0. The third-order valence-corrected chi connectivity index (χ3v) is 3.56. The fourth-order valence-electron chi connectivity index (χ4n) is 2.20. The Morgan fingerprint density at radius 2 is 1.62 bits per heavy atom. The molecular formula is C18H18F2N2O2. The van der Waals surface area contributed by atoms with Gasteiger partial charge >= 0.3 is 0 Å². The Balaban J connectivity index is 1.97. The molecular weight excluding hydrogens is 314 g/mol. The summed E-state index contributed by atoms with van der Waals surface area (Å²) in [6.45, 7) is 3.11. The van der Waals surface area contributed by atoms with Gasteiger partial charge in [-0.2, -0.15) is 0 Å². The van der Waals surface area contributed by atoms with Crippen LogP contribution in [0.1, 0.15) is 35.8 Å². The Kier molecular flexibility index (Phi) is 5.63. The number of carbonyl (C=O) groups is 2. The molecule has 2 N–H and O–H groups in total. The van der Waals surface area contributed by atoms with E-state index in [9.17, 15) is 18.4 Å². The van der Waals surface area contributed by atoms with E-state index in [0.717, 1.165) is 12.1 Å². The van der Waals surface area contributed by atoms with Crippen molar-refractivity contribution < 1.29 is 18.4 Å². The van der Waals surface area contributed by atoms with Crippen LogP contribution in [0.15, 0.2) is 48.5 Å². The minimum absolute atomic E-state index is 0.173. The molecule has 0 radical (unpaired) electrons. The molecule has 0 saturated carbocycles. The summed E-state index contributed by atoms with van der Waals surface area (Å²) in [6, 6.07) is 10.2. The molecule has 0 aromatic heterocycles. The predicted octanol–water partition coefficient (Wildman–Crippen LogP) is 2.96. The molecule has 0 spiro atoms. The van der Waals surface area contributed by atoms with Gasteiger partial charge in [0.15, 0.2) is 0 Å². The number of amides is 2. The van der Waals surface area contributed by atoms with E-state index < -0.39 is 29.6 Å². The summed E-state index contributed by atoms with van der Waals surface area (Å²) >= 11 is 0. The first-order chi connectivity index (χ1) is 11.4. The maximum atomic E-state index is 13.7. The van der Waals surface area contributed by atoms with Crippen molar-refractivity contribution in [2.45, 2.75) is 25.9 Å². The van der Waals surface area contributed by atoms with E-state index in [0.29, 0.717) is 5.56 Å². The summed E-state index contributed by atoms with van der Waals surface area (Å²) in [4.78, 5) is 24.2. The first-order valence-corrected chi connectivity index (χ1v) is 7.49. The fourth-order valence-corrected chi connectivity index (χ4v) is 2.20. The van der Waals surface area contributed by atoms with Crippen molar-refractivity contribution in [3.63, 3.8) is 0 Å². The van der Waals surface area contributed by atoms with E-state index in [-0.39, 0.29) is 11.5 Å². The average molecular weight is 332 g/mol. The third kappa shape index (κ3) is 4.38. The Labute approximate surface area is 138 Å². The second kappa shape index (κ2) is 7.68. The number of benzene rings is 2. The average Bonchev–Trinajstić information content (AvgIpc) is 2.55. The molecule has 2 aromatic carbocycles. The number of carbonyl (C=O) groups excluding carboxylic acids is 2. The van der Waals surface area contributed by atoms with Gasteiger partial charge in [0.05, 0.1) is 6.04 Å². The fraction of sp³-hybridized carbons (Fsp3) is 0.222. The standard InChI is InChI=1S/C18H18F2N2O2/c1-11(15-9-8-14(19)10-16(15)20)21-17(23)12(2)22-18(24)13-6-4-3-5-7-13/h3-12H,1-2H3,(H,21,23)(H,22,24). The maximum Gasteiger partial charge on any atom is 0.251 e. The predicted molar refractivity (Wildman–Crippen MR) is 86.3 cm³/mol. The zero-order valence-corrected chi connectivity index (χ0v) is 13.3. The van der Waals surface area contributed by atoms with Crippen LogP contribution in [0.3, 0.4) is 0 Å². The van der Waals surface area contributed by atoms with Crippen LogP contribution >= 0.6 is 0 Å². The number of nitrogens with one attached hydrogen (secondary N) is 2. The lowest BCUT2D eigenvalue weighted by atomic mass is 10.1. The van der Waals surface area contributed by atoms with Gasteiger partial charge < -0.3 is 10.6 Å². The molecule has 6 heteroatoms. The first-order valence-electron chi connectivity index (χ1n) is 7.49. The third-order valence-electron chi connectivity index (χ3n) is 3.56. The molecule has 0 bridgehead atoms. The van der Waals surface area contributed by atoms with Crippen LogP contribution < -0.4 is 10.6 Å². The van der Waals surface area contributed by atoms with E-state index >= 15 is 0 Å². The SMILES string of the molecule is CC(NC(=O)c1ccccc1)C(=O)NC(C)c1ccc(F)cc1F. The van der Waals surface area contributed by atoms with Crippen LogP contribution in [0, 0.1) is 11.6 Å². The van der Waals surface area contributed by atoms with Crippen LogP contribution in [-0.2, 0) is 4.79 Å². The first kappa shape index (κ1) is 17.6. The van der Waals surface area contributed by atoms with Crippen molar-refractivity contribution in [2.75, 3.05) is 0 Å². The number of halogens is 2. The van der Waals surface area contributed by atoms with Crippen molar-refractivity contribution in [1.29, 1.82) is 0 Å². The van der Waals surface area contributed by atoms with Gasteiger partial charge in [-0.25, -0.2) is 8.78 Å². The van der Waals surface area contributed by atoms with Crippen molar-refractivity contribution in [3.05, 3.63) is 71.3 Å². The molecule has 4 nitrogen and oxygen atoms in total. The molecule has 2 unspecified atom stereocenters. The minimum atomic E-state index is -0.802. The maximum absolute atomic E-state index is 13.7. The van der Waals surface area contributed by atoms with Gasteiger partial charge in [0, 0.05) is 17.2 Å². The molecule has 0 aliphatic heterocycles. The van der Waals surface area contributed by atoms with Gasteiger partial charge in [-0.15, -0.1) is 0 Å². The highest BCUT2D eigenvalue weighted by Crippen LogP contribution is 2.17. The van der Waals surface area contributed by atoms with Crippen molar-refractivity contribution in [1.82, 2.24) is 10.6 Å². The van der Waals surface area contributed by atoms with Crippen LogP contribution in [0.4, 0.5) is 8.78 Å². The molecule has 0 heterocycles. The lowest BCUT2D eigenvalue weighted by Crippen LogP contribution is -2.45. The Bertz CT molecular complexity index is 735. The van der Waals surface area contributed by atoms with E-state index in [2.05, 4.69) is 10.6 Å². The second-order valence-electron chi connectivity index (χ2n) is 5.46. The summed E-state index contributed by atoms with van der Waals surface area (Å²) in [6.07, 6.45) is 0. The topological polar surface area (TPSA) is 58.2 Å². The lowest BCUT2D eigenvalue weighted by Gasteiger charge is -2.19. The van der Waals surface area contributed by atoms with E-state index in [1.807, 2.05) is 0 Å². The summed E-state index contributed by atoms with van der Waals surface area (Å²) in [5, 5.41) is 5.17. The van der Waals surface area contributed by atoms with E-state index in [1.54, 1.807) is 37.3 Å². The van der Waals surface area contributed by atoms with Crippen molar-refractivity contribution >= 4 is 11.8 Å². The van der Waals surface area contributed by atoms with Gasteiger partial charge in [0.1, 0.15) is 17.7 Å². The summed E-state index contributed by atoms with van der Waals surface area (Å²) in [5.41, 5.74) is 0.612. The van der Waals surface area contributed by atoms with Gasteiger partial charge in [0.2, 0.25) is 5.91 Å². The van der Waals surface area contributed by atoms with Crippen LogP contribution in [0.2, 0.25) is 0 Å². The monoisotopic (exact) mass is 332 g/mol. The highest BCUT2D eigenvalue weighted by atomic mass is 19.1. The number of hydrogen-bond donors (Lipinski definition) is 2. The van der Waals surface area contributed by atoms with Crippen molar-refractivity contribution in [3.8, 4) is 0 Å². The summed E-state index contributed by atoms with van der Waals surface area (Å²) < 4.78 is 26.7. The van der Waals surface area contributed by atoms with Gasteiger partial charge in [-0.3, -0.25) is 9.59 Å². The Morgan fingerprint density at radius 1 is 0.958 bits per heavy atom. The molecule has 2 amide bonds. The van der Waals surface area contributed by atoms with E-state index in [1.165, 1.54) is 13.0 Å². The largest absolute Gasteiger partial charge is 0.348 e. The van der Waals surface area contributed by atoms with Crippen molar-refractivity contribution in [2.24, 2.45) is 0 Å². The molecule has 0 saturated heterocycles. The Hall–Kier alpha value is -2.76. The van der Waals surface area contributed by atoms with Crippen LogP contribution in [0.5, 0.6) is 0 Å². The second-order valence-corrected chi connectivity index (χ2v) is 5.46. The zero-order chi connectivity index (χ0) is 17.7.